The Morgan fingerprint density at radius 2 is 2.00 bits per heavy atom. The third kappa shape index (κ3) is 6.12. The van der Waals surface area contributed by atoms with Crippen LogP contribution >= 0.6 is 24.0 Å². The van der Waals surface area contributed by atoms with E-state index in [1.807, 2.05) is 55.4 Å². The Kier molecular flexibility index (Phi) is 8.97. The Morgan fingerprint density at radius 1 is 1.23 bits per heavy atom. The number of phenols is 1. The number of aromatic amines is 1. The minimum atomic E-state index is 0. The van der Waals surface area contributed by atoms with E-state index >= 15 is 0 Å². The molecule has 0 aliphatic carbocycles. The lowest BCUT2D eigenvalue weighted by Crippen LogP contribution is -2.38. The molecule has 8 heteroatoms. The van der Waals surface area contributed by atoms with Gasteiger partial charge in [-0.2, -0.15) is 0 Å². The molecule has 160 valence electrons. The number of hydrogen-bond donors (Lipinski definition) is 3. The van der Waals surface area contributed by atoms with E-state index in [0.29, 0.717) is 24.4 Å². The summed E-state index contributed by atoms with van der Waals surface area (Å²) in [6.45, 7) is 3.67. The maximum atomic E-state index is 10.1. The quantitative estimate of drug-likeness (QED) is 0.249. The highest BCUT2D eigenvalue weighted by Gasteiger charge is 2.11. The molecule has 1 aromatic heterocycles. The van der Waals surface area contributed by atoms with E-state index in [2.05, 4.69) is 20.3 Å². The number of phenolic OH excluding ortho intramolecular Hbond substituents is 1. The van der Waals surface area contributed by atoms with Crippen molar-refractivity contribution in [1.29, 1.82) is 0 Å². The molecule has 0 atom stereocenters. The van der Waals surface area contributed by atoms with Gasteiger partial charge in [-0.25, -0.2) is 9.98 Å². The number of aromatic nitrogens is 2. The zero-order valence-electron chi connectivity index (χ0n) is 17.4. The van der Waals surface area contributed by atoms with Gasteiger partial charge in [-0.05, 0) is 30.7 Å². The second kappa shape index (κ2) is 11.4. The van der Waals surface area contributed by atoms with E-state index in [4.69, 9.17) is 4.74 Å². The normalized spacial score (nSPS) is 11.0. The van der Waals surface area contributed by atoms with Crippen LogP contribution in [0.3, 0.4) is 0 Å². The smallest absolute Gasteiger partial charge is 0.194 e. The molecule has 0 saturated carbocycles. The predicted octanol–water partition coefficient (Wildman–Crippen LogP) is 4.01. The Balaban J connectivity index is 0.00000320. The molecule has 0 radical (unpaired) electrons. The second-order valence-corrected chi connectivity index (χ2v) is 6.63. The largest absolute Gasteiger partial charge is 0.508 e. The van der Waals surface area contributed by atoms with Crippen LogP contribution in [0, 0.1) is 0 Å². The fourth-order valence-electron chi connectivity index (χ4n) is 2.95. The number of rotatable bonds is 7. The molecule has 0 spiro atoms. The predicted molar refractivity (Wildman–Crippen MR) is 130 cm³/mol. The molecule has 0 fully saturated rings. The number of nitrogens with one attached hydrogen (secondary N) is 2. The molecule has 0 amide bonds. The molecule has 0 aliphatic heterocycles. The first-order chi connectivity index (χ1) is 14.1. The van der Waals surface area contributed by atoms with Gasteiger partial charge in [0.2, 0.25) is 0 Å². The lowest BCUT2D eigenvalue weighted by Gasteiger charge is -2.21. The summed E-state index contributed by atoms with van der Waals surface area (Å²) in [6, 6.07) is 15.2. The molecule has 1 heterocycles. The van der Waals surface area contributed by atoms with Gasteiger partial charge in [0.05, 0.1) is 32.1 Å². The number of hydrogen-bond acceptors (Lipinski definition) is 4. The summed E-state index contributed by atoms with van der Waals surface area (Å²) in [4.78, 5) is 14.5. The summed E-state index contributed by atoms with van der Waals surface area (Å²) in [5, 5.41) is 13.4. The zero-order chi connectivity index (χ0) is 20.6. The number of H-pyrrole nitrogens is 1. The lowest BCUT2D eigenvalue weighted by atomic mass is 10.2. The number of guanidine groups is 1. The van der Waals surface area contributed by atoms with Crippen LogP contribution in [0.5, 0.6) is 11.5 Å². The molecule has 2 aromatic carbocycles. The van der Waals surface area contributed by atoms with Gasteiger partial charge >= 0.3 is 0 Å². The van der Waals surface area contributed by atoms with Crippen molar-refractivity contribution < 1.29 is 9.84 Å². The minimum absolute atomic E-state index is 0. The van der Waals surface area contributed by atoms with E-state index in [1.165, 1.54) is 0 Å². The average molecular weight is 521 g/mol. The number of methoxy groups -OCH3 is 1. The van der Waals surface area contributed by atoms with Crippen LogP contribution in [-0.2, 0) is 13.1 Å². The zero-order valence-corrected chi connectivity index (χ0v) is 19.8. The summed E-state index contributed by atoms with van der Waals surface area (Å²) in [5.74, 6) is 2.47. The molecular weight excluding hydrogens is 493 g/mol. The van der Waals surface area contributed by atoms with E-state index < -0.39 is 0 Å². The van der Waals surface area contributed by atoms with E-state index in [0.717, 1.165) is 29.6 Å². The van der Waals surface area contributed by atoms with Gasteiger partial charge in [0, 0.05) is 19.2 Å². The topological polar surface area (TPSA) is 85.8 Å². The average Bonchev–Trinajstić information content (AvgIpc) is 3.21. The molecule has 3 aromatic rings. The maximum Gasteiger partial charge on any atom is 0.194 e. The van der Waals surface area contributed by atoms with Gasteiger partial charge in [0.25, 0.3) is 0 Å². The summed E-state index contributed by atoms with van der Waals surface area (Å²) in [5.41, 5.74) is 2.79. The van der Waals surface area contributed by atoms with Gasteiger partial charge in [0.15, 0.2) is 5.96 Å². The summed E-state index contributed by atoms with van der Waals surface area (Å²) < 4.78 is 5.23. The number of halogens is 1. The van der Waals surface area contributed by atoms with Crippen LogP contribution in [0.25, 0.3) is 11.3 Å². The van der Waals surface area contributed by atoms with Crippen molar-refractivity contribution in [2.45, 2.75) is 20.0 Å². The highest BCUT2D eigenvalue weighted by molar-refractivity contribution is 14.0. The number of aromatic hydroxyl groups is 1. The van der Waals surface area contributed by atoms with Gasteiger partial charge in [-0.3, -0.25) is 0 Å². The van der Waals surface area contributed by atoms with E-state index in [1.54, 1.807) is 25.3 Å². The molecule has 0 unspecified atom stereocenters. The lowest BCUT2D eigenvalue weighted by molar-refractivity contribution is 0.410. The van der Waals surface area contributed by atoms with Gasteiger partial charge in [-0.15, -0.1) is 24.0 Å². The minimum Gasteiger partial charge on any atom is -0.508 e. The monoisotopic (exact) mass is 521 g/mol. The first-order valence-corrected chi connectivity index (χ1v) is 9.55. The van der Waals surface area contributed by atoms with Crippen molar-refractivity contribution in [3.8, 4) is 22.8 Å². The summed E-state index contributed by atoms with van der Waals surface area (Å²) >= 11 is 0. The molecule has 0 saturated heterocycles. The van der Waals surface area contributed by atoms with Gasteiger partial charge < -0.3 is 25.0 Å². The first-order valence-electron chi connectivity index (χ1n) is 9.55. The molecule has 3 N–H and O–H groups in total. The number of ether oxygens (including phenoxy) is 1. The molecule has 3 rings (SSSR count). The van der Waals surface area contributed by atoms with Crippen molar-refractivity contribution >= 4 is 29.9 Å². The van der Waals surface area contributed by atoms with Crippen LogP contribution < -0.4 is 10.1 Å². The van der Waals surface area contributed by atoms with Crippen molar-refractivity contribution in [2.24, 2.45) is 4.99 Å². The van der Waals surface area contributed by atoms with Crippen LogP contribution in [0.1, 0.15) is 18.3 Å². The van der Waals surface area contributed by atoms with Crippen LogP contribution in [0.4, 0.5) is 0 Å². The highest BCUT2D eigenvalue weighted by Crippen LogP contribution is 2.23. The van der Waals surface area contributed by atoms with Crippen molar-refractivity contribution in [2.75, 3.05) is 20.7 Å². The third-order valence-electron chi connectivity index (χ3n) is 4.48. The van der Waals surface area contributed by atoms with Gasteiger partial charge in [0.1, 0.15) is 17.3 Å². The molecule has 0 bridgehead atoms. The number of nitrogens with zero attached hydrogens (tertiary/aromatic N) is 3. The van der Waals surface area contributed by atoms with Crippen molar-refractivity contribution in [3.05, 3.63) is 66.1 Å². The summed E-state index contributed by atoms with van der Waals surface area (Å²) in [6.07, 6.45) is 1.84. The fourth-order valence-corrected chi connectivity index (χ4v) is 2.95. The van der Waals surface area contributed by atoms with Gasteiger partial charge in [-0.1, -0.05) is 30.3 Å². The molecule has 30 heavy (non-hydrogen) atoms. The van der Waals surface area contributed by atoms with E-state index in [9.17, 15) is 5.11 Å². The first kappa shape index (κ1) is 23.5. The Morgan fingerprint density at radius 3 is 2.70 bits per heavy atom. The SMILES string of the molecule is CCNC(=NCc1cc(OC)ccc1O)N(C)Cc1ncc(-c2ccccc2)[nH]1.I. The van der Waals surface area contributed by atoms with Crippen molar-refractivity contribution in [3.63, 3.8) is 0 Å². The standard InChI is InChI=1S/C22H27N5O2.HI/c1-4-23-22(25-13-17-12-18(29-3)10-11-20(17)28)27(2)15-21-24-14-19(26-21)16-8-6-5-7-9-16;/h5-12,14,28H,4,13,15H2,1-3H3,(H,23,25)(H,24,26);1H. The number of aliphatic imine (C=N–C) groups is 1. The number of benzene rings is 2. The van der Waals surface area contributed by atoms with Crippen LogP contribution in [0.2, 0.25) is 0 Å². The molecular formula is C22H28IN5O2. The molecule has 0 aliphatic rings. The van der Waals surface area contributed by atoms with E-state index in [-0.39, 0.29) is 29.7 Å². The Bertz CT molecular complexity index is 959. The van der Waals surface area contributed by atoms with Crippen LogP contribution in [-0.4, -0.2) is 46.6 Å². The third-order valence-corrected chi connectivity index (χ3v) is 4.48. The van der Waals surface area contributed by atoms with Crippen molar-refractivity contribution in [1.82, 2.24) is 20.2 Å². The second-order valence-electron chi connectivity index (χ2n) is 6.63. The fraction of sp³-hybridized carbons (Fsp3) is 0.273. The highest BCUT2D eigenvalue weighted by atomic mass is 127. The van der Waals surface area contributed by atoms with Crippen LogP contribution in [0.15, 0.2) is 59.7 Å². The number of imidazole rings is 1. The summed E-state index contributed by atoms with van der Waals surface area (Å²) in [7, 11) is 3.56. The Hall–Kier alpha value is -2.75. The Labute approximate surface area is 194 Å². The maximum absolute atomic E-state index is 10.1. The molecule has 7 nitrogen and oxygen atoms in total.